The van der Waals surface area contributed by atoms with E-state index in [1.54, 1.807) is 6.07 Å². The van der Waals surface area contributed by atoms with E-state index in [0.29, 0.717) is 18.6 Å². The van der Waals surface area contributed by atoms with Crippen LogP contribution in [0.15, 0.2) is 16.8 Å². The first-order valence-electron chi connectivity index (χ1n) is 6.20. The molecule has 0 aromatic carbocycles. The molecule has 100 valence electrons. The fourth-order valence-electron chi connectivity index (χ4n) is 2.77. The van der Waals surface area contributed by atoms with Crippen LogP contribution in [0, 0.1) is 5.41 Å². The number of hydrogen-bond donors (Lipinski definition) is 1. The standard InChI is InChI=1S/C12H13N3O4/c16-9-12(4-1-2-5-12)10(17)15(11(18)14-9)7-8-3-6-13-19-8/h3,6H,1-2,4-5,7H2,(H,14,16,18). The van der Waals surface area contributed by atoms with Crippen LogP contribution in [-0.4, -0.2) is 27.9 Å². The molecule has 0 bridgehead atoms. The van der Waals surface area contributed by atoms with Gasteiger partial charge in [0.05, 0.1) is 12.7 Å². The lowest BCUT2D eigenvalue weighted by atomic mass is 9.82. The summed E-state index contributed by atoms with van der Waals surface area (Å²) in [7, 11) is 0. The minimum atomic E-state index is -1.06. The van der Waals surface area contributed by atoms with Gasteiger partial charge in [-0.25, -0.2) is 4.79 Å². The quantitative estimate of drug-likeness (QED) is 0.797. The number of imide groups is 2. The summed E-state index contributed by atoms with van der Waals surface area (Å²) in [6.45, 7) is -0.000301. The van der Waals surface area contributed by atoms with E-state index in [0.717, 1.165) is 17.7 Å². The van der Waals surface area contributed by atoms with E-state index in [1.165, 1.54) is 6.20 Å². The minimum Gasteiger partial charge on any atom is -0.359 e. The summed E-state index contributed by atoms with van der Waals surface area (Å²) in [5.41, 5.74) is -1.06. The molecule has 7 heteroatoms. The van der Waals surface area contributed by atoms with Crippen LogP contribution in [0.2, 0.25) is 0 Å². The van der Waals surface area contributed by atoms with Gasteiger partial charge in [-0.05, 0) is 12.8 Å². The van der Waals surface area contributed by atoms with Crippen molar-refractivity contribution in [3.05, 3.63) is 18.0 Å². The number of hydrogen-bond acceptors (Lipinski definition) is 5. The Hall–Kier alpha value is -2.18. The molecule has 4 amide bonds. The Morgan fingerprint density at radius 1 is 1.32 bits per heavy atom. The van der Waals surface area contributed by atoms with Gasteiger partial charge in [-0.2, -0.15) is 0 Å². The molecule has 2 heterocycles. The molecule has 1 aliphatic heterocycles. The highest BCUT2D eigenvalue weighted by molar-refractivity contribution is 6.19. The van der Waals surface area contributed by atoms with Crippen molar-refractivity contribution in [2.45, 2.75) is 32.2 Å². The second kappa shape index (κ2) is 4.18. The molecule has 7 nitrogen and oxygen atoms in total. The first-order valence-corrected chi connectivity index (χ1v) is 6.20. The topological polar surface area (TPSA) is 92.5 Å². The zero-order valence-corrected chi connectivity index (χ0v) is 10.2. The molecule has 19 heavy (non-hydrogen) atoms. The Morgan fingerprint density at radius 3 is 2.68 bits per heavy atom. The Bertz CT molecular complexity index is 531. The van der Waals surface area contributed by atoms with Crippen molar-refractivity contribution < 1.29 is 18.9 Å². The van der Waals surface area contributed by atoms with Gasteiger partial charge in [0.2, 0.25) is 11.8 Å². The maximum absolute atomic E-state index is 12.5. The maximum atomic E-state index is 12.5. The Morgan fingerprint density at radius 2 is 2.05 bits per heavy atom. The van der Waals surface area contributed by atoms with Gasteiger partial charge < -0.3 is 4.52 Å². The summed E-state index contributed by atoms with van der Waals surface area (Å²) in [5.74, 6) is -0.477. The van der Waals surface area contributed by atoms with Gasteiger partial charge in [0.25, 0.3) is 0 Å². The summed E-state index contributed by atoms with van der Waals surface area (Å²) in [6.07, 6.45) is 4.08. The van der Waals surface area contributed by atoms with Gasteiger partial charge in [-0.3, -0.25) is 19.8 Å². The van der Waals surface area contributed by atoms with E-state index in [4.69, 9.17) is 4.52 Å². The summed E-state index contributed by atoms with van der Waals surface area (Å²) >= 11 is 0. The largest absolute Gasteiger partial charge is 0.359 e. The highest BCUT2D eigenvalue weighted by atomic mass is 16.5. The Balaban J connectivity index is 1.89. The van der Waals surface area contributed by atoms with Crippen molar-refractivity contribution in [2.24, 2.45) is 5.41 Å². The molecule has 2 fully saturated rings. The van der Waals surface area contributed by atoms with Crippen molar-refractivity contribution in [1.82, 2.24) is 15.4 Å². The monoisotopic (exact) mass is 263 g/mol. The smallest absolute Gasteiger partial charge is 0.331 e. The number of amides is 4. The maximum Gasteiger partial charge on any atom is 0.331 e. The molecule has 3 rings (SSSR count). The lowest BCUT2D eigenvalue weighted by molar-refractivity contribution is -0.151. The van der Waals surface area contributed by atoms with E-state index in [-0.39, 0.29) is 6.54 Å². The second-order valence-corrected chi connectivity index (χ2v) is 4.92. The van der Waals surface area contributed by atoms with Crippen LogP contribution < -0.4 is 5.32 Å². The first kappa shape index (κ1) is 11.9. The number of barbiturate groups is 1. The minimum absolute atomic E-state index is 0.000301. The van der Waals surface area contributed by atoms with Gasteiger partial charge >= 0.3 is 6.03 Å². The van der Waals surface area contributed by atoms with Gasteiger partial charge in [-0.15, -0.1) is 0 Å². The molecule has 1 aliphatic carbocycles. The highest BCUT2D eigenvalue weighted by Gasteiger charge is 2.55. The highest BCUT2D eigenvalue weighted by Crippen LogP contribution is 2.42. The third kappa shape index (κ3) is 1.73. The molecule has 1 spiro atoms. The summed E-state index contributed by atoms with van der Waals surface area (Å²) in [5, 5.41) is 5.80. The lowest BCUT2D eigenvalue weighted by Gasteiger charge is -2.36. The first-order chi connectivity index (χ1) is 9.13. The van der Waals surface area contributed by atoms with E-state index < -0.39 is 23.3 Å². The van der Waals surface area contributed by atoms with Gasteiger partial charge in [0.1, 0.15) is 5.41 Å². The summed E-state index contributed by atoms with van der Waals surface area (Å²) in [4.78, 5) is 37.3. The van der Waals surface area contributed by atoms with Crippen molar-refractivity contribution >= 4 is 17.8 Å². The van der Waals surface area contributed by atoms with Crippen LogP contribution in [0.25, 0.3) is 0 Å². The van der Waals surface area contributed by atoms with Gasteiger partial charge in [0.15, 0.2) is 5.76 Å². The zero-order chi connectivity index (χ0) is 13.5. The second-order valence-electron chi connectivity index (χ2n) is 4.92. The third-order valence-corrected chi connectivity index (χ3v) is 3.82. The average Bonchev–Trinajstić information content (AvgIpc) is 3.05. The van der Waals surface area contributed by atoms with E-state index in [1.807, 2.05) is 0 Å². The number of urea groups is 1. The number of nitrogens with one attached hydrogen (secondary N) is 1. The molecule has 0 radical (unpaired) electrons. The number of carbonyl (C=O) groups excluding carboxylic acids is 3. The number of nitrogens with zero attached hydrogens (tertiary/aromatic N) is 2. The fourth-order valence-corrected chi connectivity index (χ4v) is 2.77. The summed E-state index contributed by atoms with van der Waals surface area (Å²) in [6, 6.07) is 0.891. The van der Waals surface area contributed by atoms with Crippen LogP contribution in [0.1, 0.15) is 31.4 Å². The zero-order valence-electron chi connectivity index (χ0n) is 10.2. The summed E-state index contributed by atoms with van der Waals surface area (Å²) < 4.78 is 4.90. The molecule has 1 N–H and O–H groups in total. The van der Waals surface area contributed by atoms with Crippen molar-refractivity contribution in [2.75, 3.05) is 0 Å². The molecule has 1 aromatic heterocycles. The lowest BCUT2D eigenvalue weighted by Crippen LogP contribution is -2.62. The Kier molecular flexibility index (Phi) is 2.62. The van der Waals surface area contributed by atoms with Crippen molar-refractivity contribution in [3.63, 3.8) is 0 Å². The van der Waals surface area contributed by atoms with Crippen molar-refractivity contribution in [1.29, 1.82) is 0 Å². The molecular formula is C12H13N3O4. The molecule has 1 saturated heterocycles. The van der Waals surface area contributed by atoms with E-state index in [2.05, 4.69) is 10.5 Å². The van der Waals surface area contributed by atoms with Crippen LogP contribution >= 0.6 is 0 Å². The normalized spacial score (nSPS) is 22.1. The molecule has 0 unspecified atom stereocenters. The van der Waals surface area contributed by atoms with Crippen LogP contribution in [0.3, 0.4) is 0 Å². The van der Waals surface area contributed by atoms with E-state index >= 15 is 0 Å². The number of carbonyl (C=O) groups is 3. The van der Waals surface area contributed by atoms with Gasteiger partial charge in [-0.1, -0.05) is 18.0 Å². The predicted molar refractivity (Wildman–Crippen MR) is 61.5 cm³/mol. The number of aromatic nitrogens is 1. The van der Waals surface area contributed by atoms with Crippen molar-refractivity contribution in [3.8, 4) is 0 Å². The third-order valence-electron chi connectivity index (χ3n) is 3.82. The van der Waals surface area contributed by atoms with Gasteiger partial charge in [0, 0.05) is 6.07 Å². The molecule has 1 saturated carbocycles. The SMILES string of the molecule is O=C1NC(=O)C2(CCCC2)C(=O)N1Cc1ccno1. The van der Waals surface area contributed by atoms with E-state index in [9.17, 15) is 14.4 Å². The van der Waals surface area contributed by atoms with Crippen LogP contribution in [-0.2, 0) is 16.1 Å². The predicted octanol–water partition coefficient (Wildman–Crippen LogP) is 0.813. The fraction of sp³-hybridized carbons (Fsp3) is 0.500. The molecule has 0 atom stereocenters. The molecular weight excluding hydrogens is 250 g/mol. The Labute approximate surface area is 108 Å². The average molecular weight is 263 g/mol. The molecule has 1 aromatic rings. The van der Waals surface area contributed by atoms with Crippen LogP contribution in [0.4, 0.5) is 4.79 Å². The van der Waals surface area contributed by atoms with Crippen LogP contribution in [0.5, 0.6) is 0 Å². The molecule has 2 aliphatic rings. The number of rotatable bonds is 2.